The standard InChI is InChI=1S/C15H24O2/c1-5-6-12(3)10-17-15-9-11(2)7-8-14(15)13(4)16/h7-9,12-13,16H,5-6,10H2,1-4H3. The minimum Gasteiger partial charge on any atom is -0.493 e. The van der Waals surface area contributed by atoms with Gasteiger partial charge in [-0.2, -0.15) is 0 Å². The van der Waals surface area contributed by atoms with E-state index in [-0.39, 0.29) is 0 Å². The van der Waals surface area contributed by atoms with Crippen LogP contribution < -0.4 is 4.74 Å². The fraction of sp³-hybridized carbons (Fsp3) is 0.600. The van der Waals surface area contributed by atoms with Crippen molar-refractivity contribution in [3.05, 3.63) is 29.3 Å². The second kappa shape index (κ2) is 6.65. The van der Waals surface area contributed by atoms with Crippen LogP contribution in [0.2, 0.25) is 0 Å². The molecule has 2 nitrogen and oxygen atoms in total. The van der Waals surface area contributed by atoms with Crippen LogP contribution in [0.1, 0.15) is 50.8 Å². The fourth-order valence-corrected chi connectivity index (χ4v) is 1.92. The van der Waals surface area contributed by atoms with Gasteiger partial charge in [-0.1, -0.05) is 32.4 Å². The van der Waals surface area contributed by atoms with E-state index in [9.17, 15) is 5.11 Å². The summed E-state index contributed by atoms with van der Waals surface area (Å²) in [4.78, 5) is 0. The van der Waals surface area contributed by atoms with Crippen LogP contribution in [-0.2, 0) is 0 Å². The first kappa shape index (κ1) is 14.0. The van der Waals surface area contributed by atoms with E-state index in [2.05, 4.69) is 13.8 Å². The molecule has 1 rings (SSSR count). The molecule has 0 saturated heterocycles. The quantitative estimate of drug-likeness (QED) is 0.812. The van der Waals surface area contributed by atoms with Gasteiger partial charge in [0.15, 0.2) is 0 Å². The van der Waals surface area contributed by atoms with Crippen molar-refractivity contribution in [2.45, 2.75) is 46.6 Å². The van der Waals surface area contributed by atoms with Gasteiger partial charge in [0.25, 0.3) is 0 Å². The van der Waals surface area contributed by atoms with Crippen LogP contribution in [-0.4, -0.2) is 11.7 Å². The largest absolute Gasteiger partial charge is 0.493 e. The highest BCUT2D eigenvalue weighted by Gasteiger charge is 2.10. The molecule has 1 N–H and O–H groups in total. The normalized spacial score (nSPS) is 14.4. The number of aliphatic hydroxyl groups is 1. The lowest BCUT2D eigenvalue weighted by atomic mass is 10.1. The highest BCUT2D eigenvalue weighted by atomic mass is 16.5. The number of hydrogen-bond acceptors (Lipinski definition) is 2. The van der Waals surface area contributed by atoms with Crippen molar-refractivity contribution >= 4 is 0 Å². The van der Waals surface area contributed by atoms with Crippen molar-refractivity contribution in [2.75, 3.05) is 6.61 Å². The van der Waals surface area contributed by atoms with Gasteiger partial charge in [-0.3, -0.25) is 0 Å². The summed E-state index contributed by atoms with van der Waals surface area (Å²) >= 11 is 0. The van der Waals surface area contributed by atoms with E-state index < -0.39 is 6.10 Å². The summed E-state index contributed by atoms with van der Waals surface area (Å²) in [7, 11) is 0. The van der Waals surface area contributed by atoms with Gasteiger partial charge in [0, 0.05) is 5.56 Å². The maximum atomic E-state index is 9.68. The zero-order valence-electron chi connectivity index (χ0n) is 11.4. The average Bonchev–Trinajstić information content (AvgIpc) is 2.26. The first-order chi connectivity index (χ1) is 8.04. The Balaban J connectivity index is 2.71. The molecule has 2 atom stereocenters. The summed E-state index contributed by atoms with van der Waals surface area (Å²) in [5, 5.41) is 9.68. The molecule has 0 saturated carbocycles. The van der Waals surface area contributed by atoms with Crippen LogP contribution >= 0.6 is 0 Å². The Morgan fingerprint density at radius 3 is 2.59 bits per heavy atom. The molecular formula is C15H24O2. The van der Waals surface area contributed by atoms with E-state index in [4.69, 9.17) is 4.74 Å². The molecule has 0 aliphatic carbocycles. The summed E-state index contributed by atoms with van der Waals surface area (Å²) < 4.78 is 5.83. The van der Waals surface area contributed by atoms with E-state index in [1.54, 1.807) is 6.92 Å². The third kappa shape index (κ3) is 4.39. The van der Waals surface area contributed by atoms with E-state index in [0.717, 1.165) is 23.5 Å². The Morgan fingerprint density at radius 2 is 2.00 bits per heavy atom. The van der Waals surface area contributed by atoms with E-state index in [0.29, 0.717) is 5.92 Å². The predicted octanol–water partition coefficient (Wildman–Crippen LogP) is 3.86. The zero-order chi connectivity index (χ0) is 12.8. The third-order valence-corrected chi connectivity index (χ3v) is 2.92. The van der Waals surface area contributed by atoms with Crippen molar-refractivity contribution in [1.82, 2.24) is 0 Å². The lowest BCUT2D eigenvalue weighted by Crippen LogP contribution is -2.10. The molecule has 0 heterocycles. The molecule has 1 aromatic rings. The van der Waals surface area contributed by atoms with Gasteiger partial charge < -0.3 is 9.84 Å². The van der Waals surface area contributed by atoms with Gasteiger partial charge in [0.1, 0.15) is 5.75 Å². The Kier molecular flexibility index (Phi) is 5.49. The van der Waals surface area contributed by atoms with Gasteiger partial charge in [0.05, 0.1) is 12.7 Å². The molecule has 2 heteroatoms. The molecule has 2 unspecified atom stereocenters. The minimum absolute atomic E-state index is 0.480. The van der Waals surface area contributed by atoms with Gasteiger partial charge in [-0.25, -0.2) is 0 Å². The fourth-order valence-electron chi connectivity index (χ4n) is 1.92. The number of aryl methyl sites for hydroxylation is 1. The van der Waals surface area contributed by atoms with Crippen LogP contribution in [0.25, 0.3) is 0 Å². The molecule has 17 heavy (non-hydrogen) atoms. The molecule has 0 aliphatic rings. The van der Waals surface area contributed by atoms with Gasteiger partial charge >= 0.3 is 0 Å². The van der Waals surface area contributed by atoms with Crippen molar-refractivity contribution in [3.8, 4) is 5.75 Å². The van der Waals surface area contributed by atoms with Gasteiger partial charge in [-0.05, 0) is 37.8 Å². The summed E-state index contributed by atoms with van der Waals surface area (Å²) in [5.74, 6) is 1.38. The first-order valence-corrected chi connectivity index (χ1v) is 6.46. The second-order valence-corrected chi connectivity index (χ2v) is 4.92. The molecule has 0 fully saturated rings. The zero-order valence-corrected chi connectivity index (χ0v) is 11.4. The maximum Gasteiger partial charge on any atom is 0.125 e. The van der Waals surface area contributed by atoms with E-state index >= 15 is 0 Å². The number of hydrogen-bond donors (Lipinski definition) is 1. The summed E-state index contributed by atoms with van der Waals surface area (Å²) in [6.07, 6.45) is 1.88. The van der Waals surface area contributed by atoms with Crippen LogP contribution in [0.3, 0.4) is 0 Å². The van der Waals surface area contributed by atoms with Gasteiger partial charge in [-0.15, -0.1) is 0 Å². The molecular weight excluding hydrogens is 212 g/mol. The van der Waals surface area contributed by atoms with Crippen LogP contribution in [0.5, 0.6) is 5.75 Å². The highest BCUT2D eigenvalue weighted by Crippen LogP contribution is 2.26. The summed E-state index contributed by atoms with van der Waals surface area (Å²) in [5.41, 5.74) is 2.03. The molecule has 0 radical (unpaired) electrons. The van der Waals surface area contributed by atoms with Crippen molar-refractivity contribution in [1.29, 1.82) is 0 Å². The molecule has 0 bridgehead atoms. The number of aliphatic hydroxyl groups excluding tert-OH is 1. The minimum atomic E-state index is -0.480. The summed E-state index contributed by atoms with van der Waals surface area (Å²) in [6.45, 7) is 8.91. The van der Waals surface area contributed by atoms with Crippen molar-refractivity contribution < 1.29 is 9.84 Å². The Labute approximate surface area is 105 Å². The smallest absolute Gasteiger partial charge is 0.125 e. The Hall–Kier alpha value is -1.02. The molecule has 0 amide bonds. The lowest BCUT2D eigenvalue weighted by molar-refractivity contribution is 0.186. The van der Waals surface area contributed by atoms with Crippen molar-refractivity contribution in [3.63, 3.8) is 0 Å². The molecule has 1 aromatic carbocycles. The maximum absolute atomic E-state index is 9.68. The SMILES string of the molecule is CCCC(C)COc1cc(C)ccc1C(C)O. The number of ether oxygens (including phenoxy) is 1. The Bertz CT molecular complexity index is 345. The lowest BCUT2D eigenvalue weighted by Gasteiger charge is -2.17. The Morgan fingerprint density at radius 1 is 1.29 bits per heavy atom. The van der Waals surface area contributed by atoms with Crippen LogP contribution in [0.15, 0.2) is 18.2 Å². The summed E-state index contributed by atoms with van der Waals surface area (Å²) in [6, 6.07) is 5.95. The topological polar surface area (TPSA) is 29.5 Å². The van der Waals surface area contributed by atoms with E-state index in [1.807, 2.05) is 25.1 Å². The molecule has 0 aromatic heterocycles. The van der Waals surface area contributed by atoms with Crippen molar-refractivity contribution in [2.24, 2.45) is 5.92 Å². The monoisotopic (exact) mass is 236 g/mol. The first-order valence-electron chi connectivity index (χ1n) is 6.46. The predicted molar refractivity (Wildman–Crippen MR) is 71.4 cm³/mol. The molecule has 0 aliphatic heterocycles. The average molecular weight is 236 g/mol. The second-order valence-electron chi connectivity index (χ2n) is 4.92. The molecule has 96 valence electrons. The number of rotatable bonds is 6. The van der Waals surface area contributed by atoms with Gasteiger partial charge in [0.2, 0.25) is 0 Å². The third-order valence-electron chi connectivity index (χ3n) is 2.92. The number of benzene rings is 1. The van der Waals surface area contributed by atoms with Crippen LogP contribution in [0, 0.1) is 12.8 Å². The van der Waals surface area contributed by atoms with Crippen LogP contribution in [0.4, 0.5) is 0 Å². The van der Waals surface area contributed by atoms with E-state index in [1.165, 1.54) is 12.8 Å². The molecule has 0 spiro atoms. The highest BCUT2D eigenvalue weighted by molar-refractivity contribution is 5.38.